The quantitative estimate of drug-likeness (QED) is 0.301. The Kier molecular flexibility index (Phi) is 8.35. The lowest BCUT2D eigenvalue weighted by Crippen LogP contribution is -2.32. The highest BCUT2D eigenvalue weighted by Crippen LogP contribution is 2.33. The molecule has 35 heavy (non-hydrogen) atoms. The van der Waals surface area contributed by atoms with Crippen molar-refractivity contribution in [3.8, 4) is 0 Å². The van der Waals surface area contributed by atoms with E-state index in [2.05, 4.69) is 18.0 Å². The van der Waals surface area contributed by atoms with Crippen molar-refractivity contribution in [2.45, 2.75) is 50.8 Å². The number of carbonyl (C=O) groups excluding carboxylic acids is 1. The highest BCUT2D eigenvalue weighted by atomic mass is 35.5. The standard InChI is InChI=1S/C25H28N4O3S2.ClH/c1-17(2)34(31,32)21-8-6-20(7-9-21)24(30)29(12-5-11-28-13-10-26-16-28)25-27-22-15-18(3)14-19(4)23(22)33-25;/h6-10,13-17H,5,11-12H2,1-4H3;1H. The van der Waals surface area contributed by atoms with E-state index in [1.54, 1.807) is 43.4 Å². The molecule has 0 unspecified atom stereocenters. The maximum absolute atomic E-state index is 13.6. The van der Waals surface area contributed by atoms with Crippen molar-refractivity contribution in [3.63, 3.8) is 0 Å². The lowest BCUT2D eigenvalue weighted by atomic mass is 10.1. The molecule has 2 aromatic heterocycles. The molecule has 186 valence electrons. The van der Waals surface area contributed by atoms with Gasteiger partial charge >= 0.3 is 0 Å². The number of rotatable bonds is 8. The molecular weight excluding hydrogens is 504 g/mol. The van der Waals surface area contributed by atoms with E-state index in [9.17, 15) is 13.2 Å². The number of aromatic nitrogens is 3. The van der Waals surface area contributed by atoms with Gasteiger partial charge in [0.25, 0.3) is 5.91 Å². The fourth-order valence-electron chi connectivity index (χ4n) is 3.81. The Morgan fingerprint density at radius 1 is 1.14 bits per heavy atom. The molecule has 0 N–H and O–H groups in total. The molecule has 0 bridgehead atoms. The number of hydrogen-bond acceptors (Lipinski definition) is 6. The van der Waals surface area contributed by atoms with Crippen LogP contribution in [0.1, 0.15) is 41.8 Å². The van der Waals surface area contributed by atoms with Crippen molar-refractivity contribution in [2.24, 2.45) is 0 Å². The summed E-state index contributed by atoms with van der Waals surface area (Å²) in [5.41, 5.74) is 3.57. The van der Waals surface area contributed by atoms with Gasteiger partial charge in [-0.3, -0.25) is 9.69 Å². The topological polar surface area (TPSA) is 85.2 Å². The second kappa shape index (κ2) is 10.9. The SMILES string of the molecule is Cc1cc(C)c2sc(N(CCCn3ccnc3)C(=O)c3ccc(S(=O)(=O)C(C)C)cc3)nc2c1.Cl. The maximum Gasteiger partial charge on any atom is 0.260 e. The van der Waals surface area contributed by atoms with Crippen LogP contribution in [0.2, 0.25) is 0 Å². The van der Waals surface area contributed by atoms with Gasteiger partial charge in [-0.05, 0) is 75.6 Å². The van der Waals surface area contributed by atoms with Gasteiger partial charge in [-0.25, -0.2) is 18.4 Å². The Morgan fingerprint density at radius 3 is 2.49 bits per heavy atom. The molecule has 1 amide bonds. The summed E-state index contributed by atoms with van der Waals surface area (Å²) in [6, 6.07) is 10.3. The molecule has 0 atom stereocenters. The molecule has 0 fully saturated rings. The van der Waals surface area contributed by atoms with E-state index in [4.69, 9.17) is 4.98 Å². The molecule has 0 spiro atoms. The van der Waals surface area contributed by atoms with E-state index >= 15 is 0 Å². The maximum atomic E-state index is 13.6. The number of thiazole rings is 1. The number of carbonyl (C=O) groups is 1. The van der Waals surface area contributed by atoms with E-state index in [1.807, 2.05) is 23.8 Å². The molecule has 0 aliphatic heterocycles. The van der Waals surface area contributed by atoms with Gasteiger partial charge in [0.15, 0.2) is 15.0 Å². The van der Waals surface area contributed by atoms with Gasteiger partial charge in [-0.2, -0.15) is 0 Å². The monoisotopic (exact) mass is 532 g/mol. The Morgan fingerprint density at radius 2 is 1.86 bits per heavy atom. The van der Waals surface area contributed by atoms with Gasteiger partial charge in [0.1, 0.15) is 0 Å². The Balaban J connectivity index is 0.00000342. The van der Waals surface area contributed by atoms with E-state index in [-0.39, 0.29) is 23.2 Å². The molecule has 0 saturated heterocycles. The highest BCUT2D eigenvalue weighted by Gasteiger charge is 2.24. The summed E-state index contributed by atoms with van der Waals surface area (Å²) >= 11 is 1.50. The molecular formula is C25H29ClN4O3S2. The van der Waals surface area contributed by atoms with E-state index in [0.29, 0.717) is 17.2 Å². The first-order valence-corrected chi connectivity index (χ1v) is 13.5. The minimum absolute atomic E-state index is 0. The van der Waals surface area contributed by atoms with Crippen LogP contribution >= 0.6 is 23.7 Å². The third-order valence-corrected chi connectivity index (χ3v) is 9.09. The van der Waals surface area contributed by atoms with Gasteiger partial charge in [0.2, 0.25) is 0 Å². The molecule has 2 heterocycles. The largest absolute Gasteiger partial charge is 0.337 e. The zero-order valence-electron chi connectivity index (χ0n) is 20.1. The number of aryl methyl sites for hydroxylation is 3. The third kappa shape index (κ3) is 5.74. The Bertz CT molecular complexity index is 1410. The summed E-state index contributed by atoms with van der Waals surface area (Å²) in [6.07, 6.45) is 6.10. The minimum Gasteiger partial charge on any atom is -0.337 e. The third-order valence-electron chi connectivity index (χ3n) is 5.69. The predicted molar refractivity (Wildman–Crippen MR) is 144 cm³/mol. The molecule has 10 heteroatoms. The number of hydrogen-bond donors (Lipinski definition) is 0. The van der Waals surface area contributed by atoms with Crippen molar-refractivity contribution in [2.75, 3.05) is 11.4 Å². The molecule has 0 aliphatic carbocycles. The van der Waals surface area contributed by atoms with Gasteiger partial charge in [0.05, 0.1) is 26.7 Å². The first-order valence-electron chi connectivity index (χ1n) is 11.2. The second-order valence-electron chi connectivity index (χ2n) is 8.66. The van der Waals surface area contributed by atoms with Crippen LogP contribution in [0.5, 0.6) is 0 Å². The van der Waals surface area contributed by atoms with Crippen molar-refractivity contribution >= 4 is 54.8 Å². The molecule has 7 nitrogen and oxygen atoms in total. The lowest BCUT2D eigenvalue weighted by Gasteiger charge is -2.20. The van der Waals surface area contributed by atoms with Crippen LogP contribution in [0, 0.1) is 13.8 Å². The normalized spacial score (nSPS) is 11.6. The smallest absolute Gasteiger partial charge is 0.260 e. The fourth-order valence-corrected chi connectivity index (χ4v) is 5.91. The first kappa shape index (κ1) is 26.8. The van der Waals surface area contributed by atoms with E-state index < -0.39 is 15.1 Å². The van der Waals surface area contributed by atoms with Crippen LogP contribution in [0.25, 0.3) is 10.2 Å². The Labute approximate surface area is 216 Å². The molecule has 0 radical (unpaired) electrons. The van der Waals surface area contributed by atoms with Gasteiger partial charge in [-0.1, -0.05) is 17.4 Å². The first-order chi connectivity index (χ1) is 16.2. The number of sulfone groups is 1. The van der Waals surface area contributed by atoms with Crippen LogP contribution in [0.4, 0.5) is 5.13 Å². The summed E-state index contributed by atoms with van der Waals surface area (Å²) in [5, 5.41) is 0.112. The van der Waals surface area contributed by atoms with Crippen molar-refractivity contribution in [1.29, 1.82) is 0 Å². The molecule has 4 aromatic rings. The number of nitrogens with zero attached hydrogens (tertiary/aromatic N) is 4. The average molecular weight is 533 g/mol. The zero-order chi connectivity index (χ0) is 24.5. The fraction of sp³-hybridized carbons (Fsp3) is 0.320. The highest BCUT2D eigenvalue weighted by molar-refractivity contribution is 7.92. The summed E-state index contributed by atoms with van der Waals surface area (Å²) in [5.74, 6) is -0.201. The van der Waals surface area contributed by atoms with Crippen LogP contribution in [0.15, 0.2) is 60.0 Å². The van der Waals surface area contributed by atoms with E-state index in [0.717, 1.165) is 34.3 Å². The van der Waals surface area contributed by atoms with Crippen molar-refractivity contribution in [1.82, 2.24) is 14.5 Å². The number of amides is 1. The van der Waals surface area contributed by atoms with Gasteiger partial charge in [-0.15, -0.1) is 12.4 Å². The number of imidazole rings is 1. The van der Waals surface area contributed by atoms with Crippen LogP contribution in [-0.4, -0.2) is 40.7 Å². The summed E-state index contributed by atoms with van der Waals surface area (Å²) in [4.78, 5) is 24.4. The number of fused-ring (bicyclic) bond motifs is 1. The van der Waals surface area contributed by atoms with Crippen molar-refractivity contribution < 1.29 is 13.2 Å². The summed E-state index contributed by atoms with van der Waals surface area (Å²) in [7, 11) is -3.40. The second-order valence-corrected chi connectivity index (χ2v) is 12.1. The van der Waals surface area contributed by atoms with Crippen LogP contribution < -0.4 is 4.90 Å². The van der Waals surface area contributed by atoms with Gasteiger partial charge in [0, 0.05) is 31.0 Å². The number of anilines is 1. The van der Waals surface area contributed by atoms with E-state index in [1.165, 1.54) is 23.5 Å². The van der Waals surface area contributed by atoms with Crippen molar-refractivity contribution in [3.05, 3.63) is 71.8 Å². The summed E-state index contributed by atoms with van der Waals surface area (Å²) < 4.78 is 28.0. The Hall–Kier alpha value is -2.75. The zero-order valence-corrected chi connectivity index (χ0v) is 22.6. The molecule has 4 rings (SSSR count). The molecule has 0 saturated carbocycles. The predicted octanol–water partition coefficient (Wildman–Crippen LogP) is 5.45. The minimum atomic E-state index is -3.40. The van der Waals surface area contributed by atoms with Crippen LogP contribution in [0.3, 0.4) is 0 Å². The average Bonchev–Trinajstić information content (AvgIpc) is 3.46. The van der Waals surface area contributed by atoms with Crippen LogP contribution in [-0.2, 0) is 16.4 Å². The molecule has 0 aliphatic rings. The molecule has 2 aromatic carbocycles. The van der Waals surface area contributed by atoms with Gasteiger partial charge < -0.3 is 4.57 Å². The summed E-state index contributed by atoms with van der Waals surface area (Å²) in [6.45, 7) is 8.57. The lowest BCUT2D eigenvalue weighted by molar-refractivity contribution is 0.0986. The number of benzene rings is 2. The number of halogens is 1.